The molecule has 0 saturated heterocycles. The molecule has 6 nitrogen and oxygen atoms in total. The molecule has 1 amide bonds. The van der Waals surface area contributed by atoms with E-state index < -0.39 is 0 Å². The molecule has 2 rings (SSSR count). The molecule has 6 heteroatoms. The number of amides is 1. The van der Waals surface area contributed by atoms with Crippen LogP contribution < -0.4 is 24.8 Å². The second kappa shape index (κ2) is 8.10. The van der Waals surface area contributed by atoms with Crippen molar-refractivity contribution in [2.75, 3.05) is 38.5 Å². The molecule has 0 aliphatic heterocycles. The predicted molar refractivity (Wildman–Crippen MR) is 94.4 cm³/mol. The van der Waals surface area contributed by atoms with Gasteiger partial charge in [0.2, 0.25) is 11.7 Å². The van der Waals surface area contributed by atoms with Crippen molar-refractivity contribution in [3.8, 4) is 17.2 Å². The van der Waals surface area contributed by atoms with E-state index in [2.05, 4.69) is 10.6 Å². The third kappa shape index (κ3) is 4.10. The van der Waals surface area contributed by atoms with Crippen LogP contribution in [0.25, 0.3) is 0 Å². The van der Waals surface area contributed by atoms with E-state index in [0.717, 1.165) is 11.3 Å². The lowest BCUT2D eigenvalue weighted by atomic mass is 10.2. The van der Waals surface area contributed by atoms with Crippen LogP contribution in [-0.4, -0.2) is 33.8 Å². The van der Waals surface area contributed by atoms with Crippen LogP contribution in [0.15, 0.2) is 36.4 Å². The average Bonchev–Trinajstić information content (AvgIpc) is 2.60. The molecule has 2 aromatic rings. The summed E-state index contributed by atoms with van der Waals surface area (Å²) in [5.74, 6) is 1.42. The van der Waals surface area contributed by atoms with Gasteiger partial charge in [0, 0.05) is 23.5 Å². The number of para-hydroxylation sites is 1. The lowest BCUT2D eigenvalue weighted by Gasteiger charge is -2.15. The Bertz CT molecular complexity index is 691. The molecule has 0 spiro atoms. The highest BCUT2D eigenvalue weighted by Crippen LogP contribution is 2.39. The van der Waals surface area contributed by atoms with Crippen molar-refractivity contribution in [3.05, 3.63) is 42.0 Å². The summed E-state index contributed by atoms with van der Waals surface area (Å²) in [6.45, 7) is 2.06. The Morgan fingerprint density at radius 2 is 1.62 bits per heavy atom. The Hall–Kier alpha value is -2.89. The molecule has 0 radical (unpaired) electrons. The summed E-state index contributed by atoms with van der Waals surface area (Å²) in [6, 6.07) is 11.1. The number of rotatable bonds is 7. The standard InChI is InChI=1S/C18H22N2O4/c1-12-7-5-6-8-14(12)20-17(21)11-19-13-9-15(22-2)18(24-4)16(10-13)23-3/h5-10,19H,11H2,1-4H3,(H,20,21). The number of benzene rings is 2. The number of nitrogens with one attached hydrogen (secondary N) is 2. The molecule has 0 unspecified atom stereocenters. The monoisotopic (exact) mass is 330 g/mol. The van der Waals surface area contributed by atoms with E-state index in [1.54, 1.807) is 33.5 Å². The fraction of sp³-hybridized carbons (Fsp3) is 0.278. The second-order valence-electron chi connectivity index (χ2n) is 5.13. The van der Waals surface area contributed by atoms with Gasteiger partial charge in [-0.05, 0) is 18.6 Å². The first kappa shape index (κ1) is 17.5. The SMILES string of the molecule is COc1cc(NCC(=O)Nc2ccccc2C)cc(OC)c1OC. The number of hydrogen-bond acceptors (Lipinski definition) is 5. The lowest BCUT2D eigenvalue weighted by molar-refractivity contribution is -0.114. The predicted octanol–water partition coefficient (Wildman–Crippen LogP) is 3.07. The lowest BCUT2D eigenvalue weighted by Crippen LogP contribution is -2.22. The summed E-state index contributed by atoms with van der Waals surface area (Å²) in [6.07, 6.45) is 0. The minimum absolute atomic E-state index is 0.118. The number of carbonyl (C=O) groups is 1. The summed E-state index contributed by atoms with van der Waals surface area (Å²) in [5.41, 5.74) is 2.51. The molecule has 0 aromatic heterocycles. The molecular formula is C18H22N2O4. The number of aryl methyl sites for hydroxylation is 1. The molecule has 0 aliphatic rings. The van der Waals surface area contributed by atoms with Crippen molar-refractivity contribution < 1.29 is 19.0 Å². The van der Waals surface area contributed by atoms with Gasteiger partial charge in [-0.2, -0.15) is 0 Å². The van der Waals surface area contributed by atoms with Crippen LogP contribution in [-0.2, 0) is 4.79 Å². The first-order valence-corrected chi connectivity index (χ1v) is 7.48. The average molecular weight is 330 g/mol. The van der Waals surface area contributed by atoms with Crippen LogP contribution in [0.2, 0.25) is 0 Å². The normalized spacial score (nSPS) is 10.0. The summed E-state index contributed by atoms with van der Waals surface area (Å²) >= 11 is 0. The van der Waals surface area contributed by atoms with E-state index >= 15 is 0 Å². The van der Waals surface area contributed by atoms with Gasteiger partial charge >= 0.3 is 0 Å². The van der Waals surface area contributed by atoms with Crippen LogP contribution >= 0.6 is 0 Å². The van der Waals surface area contributed by atoms with Crippen molar-refractivity contribution in [2.24, 2.45) is 0 Å². The molecule has 0 heterocycles. The number of ether oxygens (including phenoxy) is 3. The smallest absolute Gasteiger partial charge is 0.243 e. The zero-order chi connectivity index (χ0) is 17.5. The topological polar surface area (TPSA) is 68.8 Å². The highest BCUT2D eigenvalue weighted by molar-refractivity contribution is 5.94. The third-order valence-corrected chi connectivity index (χ3v) is 3.54. The quantitative estimate of drug-likeness (QED) is 0.816. The van der Waals surface area contributed by atoms with Crippen molar-refractivity contribution in [2.45, 2.75) is 6.92 Å². The van der Waals surface area contributed by atoms with Crippen molar-refractivity contribution >= 4 is 17.3 Å². The number of hydrogen-bond donors (Lipinski definition) is 2. The summed E-state index contributed by atoms with van der Waals surface area (Å²) in [7, 11) is 4.64. The maximum absolute atomic E-state index is 12.1. The third-order valence-electron chi connectivity index (χ3n) is 3.54. The van der Waals surface area contributed by atoms with Crippen LogP contribution in [0.1, 0.15) is 5.56 Å². The van der Waals surface area contributed by atoms with Crippen LogP contribution in [0, 0.1) is 6.92 Å². The minimum atomic E-state index is -0.141. The second-order valence-corrected chi connectivity index (χ2v) is 5.13. The molecule has 0 atom stereocenters. The van der Waals surface area contributed by atoms with Gasteiger partial charge < -0.3 is 24.8 Å². The molecule has 24 heavy (non-hydrogen) atoms. The summed E-state index contributed by atoms with van der Waals surface area (Å²) in [4.78, 5) is 12.1. The van der Waals surface area contributed by atoms with Crippen molar-refractivity contribution in [3.63, 3.8) is 0 Å². The van der Waals surface area contributed by atoms with Crippen LogP contribution in [0.4, 0.5) is 11.4 Å². The molecule has 128 valence electrons. The van der Waals surface area contributed by atoms with E-state index in [1.807, 2.05) is 31.2 Å². The van der Waals surface area contributed by atoms with E-state index in [0.29, 0.717) is 22.9 Å². The number of anilines is 2. The zero-order valence-corrected chi connectivity index (χ0v) is 14.3. The maximum atomic E-state index is 12.1. The molecule has 0 fully saturated rings. The van der Waals surface area contributed by atoms with Gasteiger partial charge in [-0.25, -0.2) is 0 Å². The van der Waals surface area contributed by atoms with Gasteiger partial charge in [0.25, 0.3) is 0 Å². The highest BCUT2D eigenvalue weighted by atomic mass is 16.5. The van der Waals surface area contributed by atoms with E-state index in [1.165, 1.54) is 0 Å². The van der Waals surface area contributed by atoms with Gasteiger partial charge in [-0.1, -0.05) is 18.2 Å². The summed E-state index contributed by atoms with van der Waals surface area (Å²) < 4.78 is 15.9. The van der Waals surface area contributed by atoms with Gasteiger partial charge in [0.05, 0.1) is 27.9 Å². The molecule has 0 aliphatic carbocycles. The van der Waals surface area contributed by atoms with E-state index in [9.17, 15) is 4.79 Å². The minimum Gasteiger partial charge on any atom is -0.493 e. The van der Waals surface area contributed by atoms with Crippen molar-refractivity contribution in [1.82, 2.24) is 0 Å². The fourth-order valence-corrected chi connectivity index (χ4v) is 2.27. The van der Waals surface area contributed by atoms with Gasteiger partial charge in [-0.3, -0.25) is 4.79 Å². The highest BCUT2D eigenvalue weighted by Gasteiger charge is 2.13. The van der Waals surface area contributed by atoms with E-state index in [4.69, 9.17) is 14.2 Å². The molecule has 2 N–H and O–H groups in total. The Labute approximate surface area is 141 Å². The number of methoxy groups -OCH3 is 3. The first-order chi connectivity index (χ1) is 11.6. The van der Waals surface area contributed by atoms with Crippen molar-refractivity contribution in [1.29, 1.82) is 0 Å². The maximum Gasteiger partial charge on any atom is 0.243 e. The Morgan fingerprint density at radius 1 is 1.00 bits per heavy atom. The Kier molecular flexibility index (Phi) is 5.89. The zero-order valence-electron chi connectivity index (χ0n) is 14.3. The molecular weight excluding hydrogens is 308 g/mol. The largest absolute Gasteiger partial charge is 0.493 e. The first-order valence-electron chi connectivity index (χ1n) is 7.48. The molecule has 0 saturated carbocycles. The molecule has 2 aromatic carbocycles. The summed E-state index contributed by atoms with van der Waals surface area (Å²) in [5, 5.41) is 5.93. The van der Waals surface area contributed by atoms with E-state index in [-0.39, 0.29) is 12.5 Å². The van der Waals surface area contributed by atoms with Gasteiger partial charge in [-0.15, -0.1) is 0 Å². The fourth-order valence-electron chi connectivity index (χ4n) is 2.27. The number of carbonyl (C=O) groups excluding carboxylic acids is 1. The van der Waals surface area contributed by atoms with Crippen LogP contribution in [0.3, 0.4) is 0 Å². The van der Waals surface area contributed by atoms with Crippen LogP contribution in [0.5, 0.6) is 17.2 Å². The molecule has 0 bridgehead atoms. The van der Waals surface area contributed by atoms with Gasteiger partial charge in [0.1, 0.15) is 0 Å². The van der Waals surface area contributed by atoms with Gasteiger partial charge in [0.15, 0.2) is 11.5 Å². The Balaban J connectivity index is 2.06. The Morgan fingerprint density at radius 3 is 2.17 bits per heavy atom.